The molecule has 2 nitrogen and oxygen atoms in total. The Morgan fingerprint density at radius 3 is 2.41 bits per heavy atom. The van der Waals surface area contributed by atoms with E-state index in [0.29, 0.717) is 10.8 Å². The van der Waals surface area contributed by atoms with E-state index in [1.165, 1.54) is 52.0 Å². The molecule has 100 valence electrons. The number of hydrogen-bond donors (Lipinski definition) is 1. The van der Waals surface area contributed by atoms with Gasteiger partial charge in [0.05, 0.1) is 0 Å². The average Bonchev–Trinajstić information content (AvgIpc) is 2.66. The van der Waals surface area contributed by atoms with Crippen molar-refractivity contribution in [1.29, 1.82) is 0 Å². The van der Waals surface area contributed by atoms with Crippen LogP contribution in [0.4, 0.5) is 0 Å². The quantitative estimate of drug-likeness (QED) is 0.796. The van der Waals surface area contributed by atoms with E-state index >= 15 is 0 Å². The van der Waals surface area contributed by atoms with Crippen molar-refractivity contribution in [3.05, 3.63) is 0 Å². The summed E-state index contributed by atoms with van der Waals surface area (Å²) < 4.78 is 0. The molecular formula is C15H30N2. The van der Waals surface area contributed by atoms with E-state index < -0.39 is 0 Å². The van der Waals surface area contributed by atoms with Gasteiger partial charge in [-0.15, -0.1) is 0 Å². The molecule has 0 spiro atoms. The van der Waals surface area contributed by atoms with Gasteiger partial charge in [0.1, 0.15) is 0 Å². The van der Waals surface area contributed by atoms with Gasteiger partial charge < -0.3 is 10.2 Å². The lowest BCUT2D eigenvalue weighted by Gasteiger charge is -2.38. The van der Waals surface area contributed by atoms with Crippen molar-refractivity contribution in [2.75, 3.05) is 32.7 Å². The fraction of sp³-hybridized carbons (Fsp3) is 1.00. The summed E-state index contributed by atoms with van der Waals surface area (Å²) >= 11 is 0. The van der Waals surface area contributed by atoms with E-state index in [-0.39, 0.29) is 0 Å². The average molecular weight is 238 g/mol. The molecule has 2 fully saturated rings. The molecule has 2 aliphatic rings. The van der Waals surface area contributed by atoms with Crippen LogP contribution in [0.25, 0.3) is 0 Å². The third-order valence-electron chi connectivity index (χ3n) is 4.91. The standard InChI is InChI=1S/C15H30N2/c1-14(2,3)13-5-10-17(11-13)12-15(4)6-8-16-9-7-15/h13,16H,5-12H2,1-4H3. The molecule has 2 saturated heterocycles. The highest BCUT2D eigenvalue weighted by Crippen LogP contribution is 2.36. The van der Waals surface area contributed by atoms with Crippen LogP contribution in [0.2, 0.25) is 0 Å². The van der Waals surface area contributed by atoms with Gasteiger partial charge in [0.15, 0.2) is 0 Å². The van der Waals surface area contributed by atoms with Crippen LogP contribution in [0.15, 0.2) is 0 Å². The predicted molar refractivity (Wildman–Crippen MR) is 74.2 cm³/mol. The normalized spacial score (nSPS) is 30.7. The Bertz CT molecular complexity index is 248. The van der Waals surface area contributed by atoms with Crippen LogP contribution >= 0.6 is 0 Å². The zero-order chi connectivity index (χ0) is 12.5. The molecule has 2 rings (SSSR count). The molecule has 0 amide bonds. The zero-order valence-electron chi connectivity index (χ0n) is 12.2. The Balaban J connectivity index is 1.85. The molecule has 17 heavy (non-hydrogen) atoms. The first-order chi connectivity index (χ1) is 7.89. The van der Waals surface area contributed by atoms with Crippen molar-refractivity contribution in [3.63, 3.8) is 0 Å². The second kappa shape index (κ2) is 4.89. The summed E-state index contributed by atoms with van der Waals surface area (Å²) in [6, 6.07) is 0. The van der Waals surface area contributed by atoms with Crippen molar-refractivity contribution in [2.24, 2.45) is 16.7 Å². The Hall–Kier alpha value is -0.0800. The zero-order valence-corrected chi connectivity index (χ0v) is 12.2. The number of nitrogens with one attached hydrogen (secondary N) is 1. The Labute approximate surface area is 107 Å². The first kappa shape index (κ1) is 13.4. The summed E-state index contributed by atoms with van der Waals surface area (Å²) in [5.41, 5.74) is 1.06. The second-order valence-electron chi connectivity index (χ2n) is 7.65. The molecular weight excluding hydrogens is 208 g/mol. The van der Waals surface area contributed by atoms with Crippen LogP contribution in [0.1, 0.15) is 47.0 Å². The summed E-state index contributed by atoms with van der Waals surface area (Å²) in [6.45, 7) is 16.1. The first-order valence-electron chi connectivity index (χ1n) is 7.32. The molecule has 2 heterocycles. The van der Waals surface area contributed by atoms with Crippen LogP contribution in [-0.2, 0) is 0 Å². The SMILES string of the molecule is CC1(CN2CCC(C(C)(C)C)C2)CCNCC1. The molecule has 2 aliphatic heterocycles. The predicted octanol–water partition coefficient (Wildman–Crippen LogP) is 2.74. The minimum absolute atomic E-state index is 0.490. The van der Waals surface area contributed by atoms with Gasteiger partial charge in [-0.25, -0.2) is 0 Å². The summed E-state index contributed by atoms with van der Waals surface area (Å²) in [5, 5.41) is 3.48. The maximum atomic E-state index is 3.48. The van der Waals surface area contributed by atoms with Crippen LogP contribution in [0.3, 0.4) is 0 Å². The topological polar surface area (TPSA) is 15.3 Å². The molecule has 0 saturated carbocycles. The summed E-state index contributed by atoms with van der Waals surface area (Å²) in [5.74, 6) is 0.896. The number of likely N-dealkylation sites (tertiary alicyclic amines) is 1. The Kier molecular flexibility index (Phi) is 3.84. The van der Waals surface area contributed by atoms with Gasteiger partial charge >= 0.3 is 0 Å². The molecule has 0 radical (unpaired) electrons. The van der Waals surface area contributed by atoms with Crippen LogP contribution < -0.4 is 5.32 Å². The molecule has 0 aromatic heterocycles. The van der Waals surface area contributed by atoms with E-state index in [2.05, 4.69) is 37.9 Å². The number of piperidine rings is 1. The van der Waals surface area contributed by atoms with Gasteiger partial charge in [-0.3, -0.25) is 0 Å². The highest BCUT2D eigenvalue weighted by Gasteiger charge is 2.35. The van der Waals surface area contributed by atoms with Gasteiger partial charge in [-0.1, -0.05) is 27.7 Å². The van der Waals surface area contributed by atoms with E-state index in [1.54, 1.807) is 0 Å². The summed E-state index contributed by atoms with van der Waals surface area (Å²) in [4.78, 5) is 2.72. The van der Waals surface area contributed by atoms with Gasteiger partial charge in [-0.2, -0.15) is 0 Å². The molecule has 0 bridgehead atoms. The second-order valence-corrected chi connectivity index (χ2v) is 7.65. The Morgan fingerprint density at radius 2 is 1.88 bits per heavy atom. The maximum absolute atomic E-state index is 3.48. The van der Waals surface area contributed by atoms with Crippen molar-refractivity contribution >= 4 is 0 Å². The van der Waals surface area contributed by atoms with Gasteiger partial charge in [-0.05, 0) is 55.6 Å². The van der Waals surface area contributed by atoms with E-state index in [9.17, 15) is 0 Å². The van der Waals surface area contributed by atoms with E-state index in [4.69, 9.17) is 0 Å². The highest BCUT2D eigenvalue weighted by molar-refractivity contribution is 4.89. The first-order valence-corrected chi connectivity index (χ1v) is 7.32. The van der Waals surface area contributed by atoms with Crippen molar-refractivity contribution in [1.82, 2.24) is 10.2 Å². The molecule has 2 heteroatoms. The maximum Gasteiger partial charge on any atom is 0.00364 e. The molecule has 1 atom stereocenters. The largest absolute Gasteiger partial charge is 0.317 e. The lowest BCUT2D eigenvalue weighted by Crippen LogP contribution is -2.42. The van der Waals surface area contributed by atoms with Crippen LogP contribution in [-0.4, -0.2) is 37.6 Å². The van der Waals surface area contributed by atoms with Crippen LogP contribution in [0, 0.1) is 16.7 Å². The minimum Gasteiger partial charge on any atom is -0.317 e. The number of nitrogens with zero attached hydrogens (tertiary/aromatic N) is 1. The number of rotatable bonds is 2. The van der Waals surface area contributed by atoms with Crippen molar-refractivity contribution in [2.45, 2.75) is 47.0 Å². The number of hydrogen-bond acceptors (Lipinski definition) is 2. The minimum atomic E-state index is 0.490. The molecule has 1 N–H and O–H groups in total. The van der Waals surface area contributed by atoms with Crippen LogP contribution in [0.5, 0.6) is 0 Å². The van der Waals surface area contributed by atoms with Crippen molar-refractivity contribution < 1.29 is 0 Å². The lowest BCUT2D eigenvalue weighted by atomic mass is 9.79. The smallest absolute Gasteiger partial charge is 0.00364 e. The highest BCUT2D eigenvalue weighted by atomic mass is 15.2. The van der Waals surface area contributed by atoms with Gasteiger partial charge in [0.2, 0.25) is 0 Å². The van der Waals surface area contributed by atoms with E-state index in [1.807, 2.05) is 0 Å². The van der Waals surface area contributed by atoms with E-state index in [0.717, 1.165) is 5.92 Å². The van der Waals surface area contributed by atoms with Gasteiger partial charge in [0.25, 0.3) is 0 Å². The van der Waals surface area contributed by atoms with Crippen molar-refractivity contribution in [3.8, 4) is 0 Å². The molecule has 0 aliphatic carbocycles. The molecule has 0 aromatic carbocycles. The molecule has 0 aromatic rings. The fourth-order valence-corrected chi connectivity index (χ4v) is 3.41. The van der Waals surface area contributed by atoms with Gasteiger partial charge in [0, 0.05) is 13.1 Å². The lowest BCUT2D eigenvalue weighted by molar-refractivity contribution is 0.135. The third kappa shape index (κ3) is 3.45. The summed E-state index contributed by atoms with van der Waals surface area (Å²) in [7, 11) is 0. The fourth-order valence-electron chi connectivity index (χ4n) is 3.41. The molecule has 1 unspecified atom stereocenters. The summed E-state index contributed by atoms with van der Waals surface area (Å²) in [6.07, 6.45) is 4.10. The monoisotopic (exact) mass is 238 g/mol. The Morgan fingerprint density at radius 1 is 1.24 bits per heavy atom. The third-order valence-corrected chi connectivity index (χ3v) is 4.91.